The number of thiocarbonyl (C=S) groups is 1. The third-order valence-corrected chi connectivity index (χ3v) is 2.94. The number of esters is 1. The third-order valence-electron chi connectivity index (χ3n) is 2.70. The minimum atomic E-state index is -0.383. The Morgan fingerprint density at radius 3 is 2.86 bits per heavy atom. The molecule has 2 aromatic rings. The van der Waals surface area contributed by atoms with Crippen molar-refractivity contribution in [3.8, 4) is 0 Å². The number of nitrogens with one attached hydrogen (secondary N) is 2. The number of methoxy groups -OCH3 is 1. The highest BCUT2D eigenvalue weighted by Gasteiger charge is 2.06. The van der Waals surface area contributed by atoms with E-state index in [-0.39, 0.29) is 5.97 Å². The minimum Gasteiger partial charge on any atom is -0.465 e. The molecule has 0 bridgehead atoms. The molecular weight excluding hydrogens is 286 g/mol. The summed E-state index contributed by atoms with van der Waals surface area (Å²) < 4.78 is 4.68. The van der Waals surface area contributed by atoms with Crippen molar-refractivity contribution in [1.29, 1.82) is 0 Å². The predicted octanol–water partition coefficient (Wildman–Crippen LogP) is 2.35. The van der Waals surface area contributed by atoms with Gasteiger partial charge in [-0.3, -0.25) is 4.98 Å². The zero-order valence-electron chi connectivity index (χ0n) is 11.5. The minimum absolute atomic E-state index is 0.383. The summed E-state index contributed by atoms with van der Waals surface area (Å²) in [7, 11) is 1.35. The van der Waals surface area contributed by atoms with E-state index in [1.807, 2.05) is 24.3 Å². The van der Waals surface area contributed by atoms with Gasteiger partial charge in [0.15, 0.2) is 5.11 Å². The van der Waals surface area contributed by atoms with Gasteiger partial charge >= 0.3 is 5.97 Å². The van der Waals surface area contributed by atoms with Gasteiger partial charge in [-0.1, -0.05) is 12.1 Å². The van der Waals surface area contributed by atoms with Gasteiger partial charge < -0.3 is 15.4 Å². The lowest BCUT2D eigenvalue weighted by Gasteiger charge is -2.11. The molecule has 0 saturated carbocycles. The van der Waals surface area contributed by atoms with Crippen molar-refractivity contribution in [2.45, 2.75) is 6.54 Å². The largest absolute Gasteiger partial charge is 0.465 e. The molecule has 1 heterocycles. The first-order valence-electron chi connectivity index (χ1n) is 6.32. The fraction of sp³-hybridized carbons (Fsp3) is 0.133. The molecule has 108 valence electrons. The smallest absolute Gasteiger partial charge is 0.337 e. The average Bonchev–Trinajstić information content (AvgIpc) is 2.53. The second-order valence-corrected chi connectivity index (χ2v) is 4.61. The van der Waals surface area contributed by atoms with Gasteiger partial charge in [-0.15, -0.1) is 0 Å². The summed E-state index contributed by atoms with van der Waals surface area (Å²) in [5, 5.41) is 6.53. The fourth-order valence-corrected chi connectivity index (χ4v) is 1.88. The number of nitrogens with zero attached hydrogens (tertiary/aromatic N) is 1. The Hall–Kier alpha value is -2.47. The first-order chi connectivity index (χ1) is 10.2. The summed E-state index contributed by atoms with van der Waals surface area (Å²) in [5.41, 5.74) is 2.08. The number of rotatable bonds is 4. The molecule has 21 heavy (non-hydrogen) atoms. The zero-order valence-corrected chi connectivity index (χ0v) is 12.3. The SMILES string of the molecule is COC(=O)c1cccc(NC(=S)NCc2ccccn2)c1. The van der Waals surface area contributed by atoms with E-state index in [0.29, 0.717) is 17.2 Å². The zero-order chi connectivity index (χ0) is 15.1. The van der Waals surface area contributed by atoms with Crippen molar-refractivity contribution in [2.75, 3.05) is 12.4 Å². The molecule has 0 aliphatic carbocycles. The van der Waals surface area contributed by atoms with Gasteiger partial charge in [0.25, 0.3) is 0 Å². The molecule has 0 radical (unpaired) electrons. The summed E-state index contributed by atoms with van der Waals surface area (Å²) in [6, 6.07) is 12.6. The van der Waals surface area contributed by atoms with Crippen LogP contribution < -0.4 is 10.6 Å². The number of benzene rings is 1. The van der Waals surface area contributed by atoms with Gasteiger partial charge in [0.2, 0.25) is 0 Å². The van der Waals surface area contributed by atoms with Crippen LogP contribution in [0.25, 0.3) is 0 Å². The van der Waals surface area contributed by atoms with Crippen LogP contribution >= 0.6 is 12.2 Å². The first kappa shape index (κ1) is 14.9. The average molecular weight is 301 g/mol. The van der Waals surface area contributed by atoms with Crippen LogP contribution in [0.4, 0.5) is 5.69 Å². The maximum atomic E-state index is 11.5. The molecule has 0 fully saturated rings. The maximum Gasteiger partial charge on any atom is 0.337 e. The molecular formula is C15H15N3O2S. The number of aromatic nitrogens is 1. The monoisotopic (exact) mass is 301 g/mol. The van der Waals surface area contributed by atoms with Crippen molar-refractivity contribution >= 4 is 29.0 Å². The Bertz CT molecular complexity index is 632. The molecule has 0 aliphatic rings. The van der Waals surface area contributed by atoms with Crippen molar-refractivity contribution in [2.24, 2.45) is 0 Å². The normalized spacial score (nSPS) is 9.76. The number of carbonyl (C=O) groups is 1. The maximum absolute atomic E-state index is 11.5. The topological polar surface area (TPSA) is 63.2 Å². The van der Waals surface area contributed by atoms with Crippen LogP contribution in [-0.2, 0) is 11.3 Å². The second kappa shape index (κ2) is 7.35. The quantitative estimate of drug-likeness (QED) is 0.668. The molecule has 0 aliphatic heterocycles. The highest BCUT2D eigenvalue weighted by atomic mass is 32.1. The Labute approximate surface area is 128 Å². The molecule has 0 unspecified atom stereocenters. The van der Waals surface area contributed by atoms with E-state index < -0.39 is 0 Å². The summed E-state index contributed by atoms with van der Waals surface area (Å²) in [6.45, 7) is 0.531. The van der Waals surface area contributed by atoms with Crippen molar-refractivity contribution in [1.82, 2.24) is 10.3 Å². The summed E-state index contributed by atoms with van der Waals surface area (Å²) >= 11 is 5.21. The standard InChI is InChI=1S/C15H15N3O2S/c1-20-14(19)11-5-4-7-12(9-11)18-15(21)17-10-13-6-2-3-8-16-13/h2-9H,10H2,1H3,(H2,17,18,21). The molecule has 2 N–H and O–H groups in total. The van der Waals surface area contributed by atoms with Crippen molar-refractivity contribution in [3.63, 3.8) is 0 Å². The van der Waals surface area contributed by atoms with E-state index in [1.54, 1.807) is 24.4 Å². The van der Waals surface area contributed by atoms with Crippen LogP contribution in [0.3, 0.4) is 0 Å². The number of ether oxygens (including phenoxy) is 1. The predicted molar refractivity (Wildman–Crippen MR) is 85.1 cm³/mol. The van der Waals surface area contributed by atoms with E-state index in [0.717, 1.165) is 11.4 Å². The van der Waals surface area contributed by atoms with Crippen LogP contribution in [0.2, 0.25) is 0 Å². The van der Waals surface area contributed by atoms with Crippen molar-refractivity contribution in [3.05, 3.63) is 59.9 Å². The Balaban J connectivity index is 1.92. The van der Waals surface area contributed by atoms with Gasteiger partial charge in [-0.2, -0.15) is 0 Å². The molecule has 2 rings (SSSR count). The van der Waals surface area contributed by atoms with Crippen LogP contribution in [0.1, 0.15) is 16.1 Å². The van der Waals surface area contributed by atoms with E-state index in [2.05, 4.69) is 20.4 Å². The lowest BCUT2D eigenvalue weighted by molar-refractivity contribution is 0.0601. The number of anilines is 1. The lowest BCUT2D eigenvalue weighted by Crippen LogP contribution is -2.28. The van der Waals surface area contributed by atoms with Crippen LogP contribution in [-0.4, -0.2) is 23.2 Å². The van der Waals surface area contributed by atoms with Gasteiger partial charge in [-0.05, 0) is 42.5 Å². The Morgan fingerprint density at radius 1 is 1.29 bits per heavy atom. The van der Waals surface area contributed by atoms with Gasteiger partial charge in [0, 0.05) is 11.9 Å². The molecule has 1 aromatic heterocycles. The first-order valence-corrected chi connectivity index (χ1v) is 6.73. The molecule has 0 amide bonds. The fourth-order valence-electron chi connectivity index (χ4n) is 1.69. The summed E-state index contributed by atoms with van der Waals surface area (Å²) in [6.07, 6.45) is 1.73. The summed E-state index contributed by atoms with van der Waals surface area (Å²) in [4.78, 5) is 15.7. The Kier molecular flexibility index (Phi) is 5.22. The second-order valence-electron chi connectivity index (χ2n) is 4.20. The van der Waals surface area contributed by atoms with E-state index in [4.69, 9.17) is 12.2 Å². The molecule has 6 heteroatoms. The van der Waals surface area contributed by atoms with E-state index in [9.17, 15) is 4.79 Å². The highest BCUT2D eigenvalue weighted by Crippen LogP contribution is 2.11. The van der Waals surface area contributed by atoms with Crippen molar-refractivity contribution < 1.29 is 9.53 Å². The molecule has 0 saturated heterocycles. The molecule has 0 spiro atoms. The number of carbonyl (C=O) groups excluding carboxylic acids is 1. The van der Waals surface area contributed by atoms with Crippen LogP contribution in [0.5, 0.6) is 0 Å². The third kappa shape index (κ3) is 4.54. The molecule has 1 aromatic carbocycles. The summed E-state index contributed by atoms with van der Waals surface area (Å²) in [5.74, 6) is -0.383. The highest BCUT2D eigenvalue weighted by molar-refractivity contribution is 7.80. The number of pyridine rings is 1. The van der Waals surface area contributed by atoms with Gasteiger partial charge in [0.05, 0.1) is 24.9 Å². The number of hydrogen-bond acceptors (Lipinski definition) is 4. The molecule has 5 nitrogen and oxygen atoms in total. The molecule has 0 atom stereocenters. The Morgan fingerprint density at radius 2 is 2.14 bits per heavy atom. The van der Waals surface area contributed by atoms with E-state index >= 15 is 0 Å². The lowest BCUT2D eigenvalue weighted by atomic mass is 10.2. The van der Waals surface area contributed by atoms with Crippen LogP contribution in [0.15, 0.2) is 48.7 Å². The van der Waals surface area contributed by atoms with Gasteiger partial charge in [0.1, 0.15) is 0 Å². The van der Waals surface area contributed by atoms with Gasteiger partial charge in [-0.25, -0.2) is 4.79 Å². The number of hydrogen-bond donors (Lipinski definition) is 2. The van der Waals surface area contributed by atoms with Crippen LogP contribution in [0, 0.1) is 0 Å². The van der Waals surface area contributed by atoms with E-state index in [1.165, 1.54) is 7.11 Å².